The van der Waals surface area contributed by atoms with E-state index in [2.05, 4.69) is 18.3 Å². The molecule has 0 aromatic rings. The van der Waals surface area contributed by atoms with Crippen LogP contribution < -0.4 is 5.32 Å². The van der Waals surface area contributed by atoms with Gasteiger partial charge in [-0.1, -0.05) is 13.8 Å². The van der Waals surface area contributed by atoms with Gasteiger partial charge in [0.05, 0.1) is 12.1 Å². The molecule has 2 heteroatoms. The summed E-state index contributed by atoms with van der Waals surface area (Å²) < 4.78 is 0. The molecule has 0 saturated heterocycles. The van der Waals surface area contributed by atoms with Gasteiger partial charge in [-0.2, -0.15) is 5.26 Å². The van der Waals surface area contributed by atoms with Gasteiger partial charge in [0.15, 0.2) is 0 Å². The summed E-state index contributed by atoms with van der Waals surface area (Å²) in [7, 11) is 0. The molecule has 0 radical (unpaired) electrons. The molecule has 11 heavy (non-hydrogen) atoms. The minimum Gasteiger partial charge on any atom is -0.299 e. The highest BCUT2D eigenvalue weighted by atomic mass is 15.0. The Hall–Kier alpha value is -0.550. The van der Waals surface area contributed by atoms with Crippen molar-refractivity contribution in [3.63, 3.8) is 0 Å². The molecule has 1 N–H and O–H groups in total. The number of nitriles is 1. The maximum absolute atomic E-state index is 8.67. The largest absolute Gasteiger partial charge is 0.299 e. The van der Waals surface area contributed by atoms with Crippen LogP contribution in [-0.4, -0.2) is 12.1 Å². The molecule has 0 spiro atoms. The summed E-state index contributed by atoms with van der Waals surface area (Å²) in [6, 6.07) is 2.94. The number of hydrogen-bond donors (Lipinski definition) is 1. The molecule has 0 aromatic carbocycles. The van der Waals surface area contributed by atoms with E-state index in [1.165, 1.54) is 12.8 Å². The lowest BCUT2D eigenvalue weighted by Crippen LogP contribution is -2.46. The third-order valence-electron chi connectivity index (χ3n) is 2.60. The summed E-state index contributed by atoms with van der Waals surface area (Å²) in [6.45, 7) is 4.29. The van der Waals surface area contributed by atoms with Crippen molar-refractivity contribution in [3.05, 3.63) is 0 Å². The first-order valence-corrected chi connectivity index (χ1v) is 4.43. The molecule has 62 valence electrons. The van der Waals surface area contributed by atoms with Crippen LogP contribution in [0.15, 0.2) is 0 Å². The van der Waals surface area contributed by atoms with Crippen molar-refractivity contribution in [1.82, 2.24) is 5.32 Å². The van der Waals surface area contributed by atoms with Gasteiger partial charge in [0.25, 0.3) is 0 Å². The van der Waals surface area contributed by atoms with E-state index in [1.54, 1.807) is 0 Å². The van der Waals surface area contributed by atoms with Gasteiger partial charge < -0.3 is 0 Å². The quantitative estimate of drug-likeness (QED) is 0.667. The molecule has 2 nitrogen and oxygen atoms in total. The van der Waals surface area contributed by atoms with E-state index in [4.69, 9.17) is 5.26 Å². The average Bonchev–Trinajstić information content (AvgIpc) is 2.04. The average molecular weight is 152 g/mol. The Kier molecular flexibility index (Phi) is 2.90. The Labute approximate surface area is 68.6 Å². The molecule has 1 fully saturated rings. The molecule has 3 unspecified atom stereocenters. The third-order valence-corrected chi connectivity index (χ3v) is 2.60. The molecule has 0 bridgehead atoms. The summed E-state index contributed by atoms with van der Waals surface area (Å²) >= 11 is 0. The first-order valence-electron chi connectivity index (χ1n) is 4.43. The molecule has 1 aliphatic rings. The highest BCUT2D eigenvalue weighted by molar-refractivity contribution is 4.94. The second-order valence-corrected chi connectivity index (χ2v) is 3.42. The maximum Gasteiger partial charge on any atom is 0.0952 e. The number of hydrogen-bond acceptors (Lipinski definition) is 2. The molecule has 0 heterocycles. The Morgan fingerprint density at radius 2 is 2.36 bits per heavy atom. The van der Waals surface area contributed by atoms with E-state index >= 15 is 0 Å². The summed E-state index contributed by atoms with van der Waals surface area (Å²) in [5, 5.41) is 12.0. The van der Waals surface area contributed by atoms with Crippen molar-refractivity contribution in [2.24, 2.45) is 5.92 Å². The molecule has 0 amide bonds. The predicted octanol–water partition coefficient (Wildman–Crippen LogP) is 1.68. The first-order chi connectivity index (χ1) is 5.27. The van der Waals surface area contributed by atoms with E-state index in [0.29, 0.717) is 6.04 Å². The van der Waals surface area contributed by atoms with E-state index in [9.17, 15) is 0 Å². The Bertz CT molecular complexity index is 159. The van der Waals surface area contributed by atoms with Crippen molar-refractivity contribution >= 4 is 0 Å². The minimum atomic E-state index is 0.0720. The van der Waals surface area contributed by atoms with Gasteiger partial charge in [0, 0.05) is 6.04 Å². The monoisotopic (exact) mass is 152 g/mol. The zero-order chi connectivity index (χ0) is 8.27. The lowest BCUT2D eigenvalue weighted by Gasteiger charge is -2.35. The standard InChI is InChI=1S/C9H16N2/c1-3-8(6-10)11-9-5-4-7(9)2/h7-9,11H,3-5H2,1-2H3. The van der Waals surface area contributed by atoms with E-state index in [0.717, 1.165) is 12.3 Å². The molecular formula is C9H16N2. The Morgan fingerprint density at radius 3 is 2.64 bits per heavy atom. The molecule has 3 atom stereocenters. The van der Waals surface area contributed by atoms with Crippen LogP contribution in [0.1, 0.15) is 33.1 Å². The van der Waals surface area contributed by atoms with Crippen LogP contribution in [-0.2, 0) is 0 Å². The van der Waals surface area contributed by atoms with Crippen LogP contribution in [0.5, 0.6) is 0 Å². The molecule has 0 aliphatic heterocycles. The lowest BCUT2D eigenvalue weighted by molar-refractivity contribution is 0.219. The fourth-order valence-electron chi connectivity index (χ4n) is 1.42. The Morgan fingerprint density at radius 1 is 1.64 bits per heavy atom. The van der Waals surface area contributed by atoms with Crippen molar-refractivity contribution in [1.29, 1.82) is 5.26 Å². The smallest absolute Gasteiger partial charge is 0.0952 e. The summed E-state index contributed by atoms with van der Waals surface area (Å²) in [5.74, 6) is 0.775. The van der Waals surface area contributed by atoms with E-state index in [1.807, 2.05) is 6.92 Å². The normalized spacial score (nSPS) is 32.1. The number of rotatable bonds is 3. The third kappa shape index (κ3) is 1.94. The van der Waals surface area contributed by atoms with Gasteiger partial charge in [0.1, 0.15) is 0 Å². The summed E-state index contributed by atoms with van der Waals surface area (Å²) in [5.41, 5.74) is 0. The van der Waals surface area contributed by atoms with Crippen molar-refractivity contribution < 1.29 is 0 Å². The maximum atomic E-state index is 8.67. The predicted molar refractivity (Wildman–Crippen MR) is 45.0 cm³/mol. The van der Waals surface area contributed by atoms with Gasteiger partial charge in [0.2, 0.25) is 0 Å². The second kappa shape index (κ2) is 3.73. The number of nitrogens with zero attached hydrogens (tertiary/aromatic N) is 1. The second-order valence-electron chi connectivity index (χ2n) is 3.42. The summed E-state index contributed by atoms with van der Waals surface area (Å²) in [6.07, 6.45) is 3.48. The van der Waals surface area contributed by atoms with Crippen molar-refractivity contribution in [3.8, 4) is 6.07 Å². The number of nitrogens with one attached hydrogen (secondary N) is 1. The molecular weight excluding hydrogens is 136 g/mol. The molecule has 1 aliphatic carbocycles. The minimum absolute atomic E-state index is 0.0720. The van der Waals surface area contributed by atoms with Crippen LogP contribution in [0, 0.1) is 17.2 Å². The van der Waals surface area contributed by atoms with Crippen LogP contribution in [0.2, 0.25) is 0 Å². The van der Waals surface area contributed by atoms with Gasteiger partial charge in [-0.15, -0.1) is 0 Å². The lowest BCUT2D eigenvalue weighted by atomic mass is 9.81. The van der Waals surface area contributed by atoms with Crippen molar-refractivity contribution in [2.45, 2.75) is 45.2 Å². The highest BCUT2D eigenvalue weighted by Crippen LogP contribution is 2.26. The zero-order valence-electron chi connectivity index (χ0n) is 7.30. The fourth-order valence-corrected chi connectivity index (χ4v) is 1.42. The zero-order valence-corrected chi connectivity index (χ0v) is 7.30. The van der Waals surface area contributed by atoms with Crippen molar-refractivity contribution in [2.75, 3.05) is 0 Å². The van der Waals surface area contributed by atoms with Gasteiger partial charge in [-0.25, -0.2) is 0 Å². The SMILES string of the molecule is CCC(C#N)NC1CCC1C. The van der Waals surface area contributed by atoms with Crippen LogP contribution in [0.4, 0.5) is 0 Å². The molecule has 0 aromatic heterocycles. The van der Waals surface area contributed by atoms with Crippen LogP contribution in [0.25, 0.3) is 0 Å². The Balaban J connectivity index is 2.24. The van der Waals surface area contributed by atoms with Crippen LogP contribution >= 0.6 is 0 Å². The van der Waals surface area contributed by atoms with E-state index < -0.39 is 0 Å². The summed E-state index contributed by atoms with van der Waals surface area (Å²) in [4.78, 5) is 0. The fraction of sp³-hybridized carbons (Fsp3) is 0.889. The van der Waals surface area contributed by atoms with E-state index in [-0.39, 0.29) is 6.04 Å². The van der Waals surface area contributed by atoms with Gasteiger partial charge in [-0.3, -0.25) is 5.32 Å². The highest BCUT2D eigenvalue weighted by Gasteiger charge is 2.27. The molecule has 1 rings (SSSR count). The van der Waals surface area contributed by atoms with Crippen LogP contribution in [0.3, 0.4) is 0 Å². The first kappa shape index (κ1) is 8.55. The van der Waals surface area contributed by atoms with Gasteiger partial charge >= 0.3 is 0 Å². The van der Waals surface area contributed by atoms with Gasteiger partial charge in [-0.05, 0) is 25.2 Å². The molecule has 1 saturated carbocycles. The topological polar surface area (TPSA) is 35.8 Å².